The molecule has 0 aliphatic carbocycles. The summed E-state index contributed by atoms with van der Waals surface area (Å²) in [7, 11) is 0. The number of carbonyl (C=O) groups is 2. The third-order valence-corrected chi connectivity index (χ3v) is 4.20. The molecule has 1 heterocycles. The van der Waals surface area contributed by atoms with Crippen molar-refractivity contribution in [2.24, 2.45) is 0 Å². The Morgan fingerprint density at radius 2 is 1.92 bits per heavy atom. The molecule has 0 saturated heterocycles. The third-order valence-electron chi connectivity index (χ3n) is 3.96. The van der Waals surface area contributed by atoms with Crippen molar-refractivity contribution in [3.05, 3.63) is 82.9 Å². The largest absolute Gasteiger partial charge is 0.375 e. The Bertz CT molecular complexity index is 874. The molecule has 2 aromatic carbocycles. The van der Waals surface area contributed by atoms with Crippen molar-refractivity contribution < 1.29 is 14.7 Å². The predicted octanol–water partition coefficient (Wildman–Crippen LogP) is 3.71. The van der Waals surface area contributed by atoms with E-state index < -0.39 is 11.5 Å². The number of ketones is 1. The lowest BCUT2D eigenvalue weighted by Crippen LogP contribution is -2.36. The highest BCUT2D eigenvalue weighted by molar-refractivity contribution is 6.31. The van der Waals surface area contributed by atoms with Gasteiger partial charge in [0.2, 0.25) is 0 Å². The summed E-state index contributed by atoms with van der Waals surface area (Å²) in [5, 5.41) is 13.7. The lowest BCUT2D eigenvalue weighted by atomic mass is 9.90. The Labute approximate surface area is 150 Å². The Morgan fingerprint density at radius 3 is 2.68 bits per heavy atom. The highest BCUT2D eigenvalue weighted by Gasteiger charge is 2.46. The SMILES string of the molecule is O=C(/C=C/C=C/c1ccccc1)CC1(O)C(=O)Nc2ccc(Cl)cc21. The summed E-state index contributed by atoms with van der Waals surface area (Å²) >= 11 is 5.94. The van der Waals surface area contributed by atoms with Crippen LogP contribution in [0.25, 0.3) is 6.08 Å². The molecule has 5 heteroatoms. The quantitative estimate of drug-likeness (QED) is 0.636. The summed E-state index contributed by atoms with van der Waals surface area (Å²) < 4.78 is 0. The monoisotopic (exact) mass is 353 g/mol. The number of carbonyl (C=O) groups excluding carboxylic acids is 2. The van der Waals surface area contributed by atoms with Crippen molar-refractivity contribution in [1.82, 2.24) is 0 Å². The molecule has 4 nitrogen and oxygen atoms in total. The molecule has 0 fully saturated rings. The first-order valence-corrected chi connectivity index (χ1v) is 8.13. The molecular formula is C20H16ClNO3. The number of hydrogen-bond donors (Lipinski definition) is 2. The topological polar surface area (TPSA) is 66.4 Å². The van der Waals surface area contributed by atoms with Gasteiger partial charge in [-0.2, -0.15) is 0 Å². The summed E-state index contributed by atoms with van der Waals surface area (Å²) in [5.74, 6) is -0.977. The fraction of sp³-hybridized carbons (Fsp3) is 0.100. The average molecular weight is 354 g/mol. The van der Waals surface area contributed by atoms with Crippen LogP contribution in [-0.2, 0) is 15.2 Å². The van der Waals surface area contributed by atoms with Crippen molar-refractivity contribution >= 4 is 35.1 Å². The van der Waals surface area contributed by atoms with E-state index in [1.165, 1.54) is 12.1 Å². The predicted molar refractivity (Wildman–Crippen MR) is 98.2 cm³/mol. The van der Waals surface area contributed by atoms with Gasteiger partial charge in [0, 0.05) is 16.3 Å². The summed E-state index contributed by atoms with van der Waals surface area (Å²) in [4.78, 5) is 24.3. The molecular weight excluding hydrogens is 338 g/mol. The maximum absolute atomic E-state index is 12.2. The van der Waals surface area contributed by atoms with Crippen LogP contribution in [0, 0.1) is 0 Å². The smallest absolute Gasteiger partial charge is 0.261 e. The summed E-state index contributed by atoms with van der Waals surface area (Å²) in [5.41, 5.74) is -0.0914. The van der Waals surface area contributed by atoms with Crippen molar-refractivity contribution in [2.75, 3.05) is 5.32 Å². The van der Waals surface area contributed by atoms with Crippen LogP contribution in [0.15, 0.2) is 66.8 Å². The van der Waals surface area contributed by atoms with Crippen LogP contribution in [0.5, 0.6) is 0 Å². The molecule has 126 valence electrons. The number of fused-ring (bicyclic) bond motifs is 1. The summed E-state index contributed by atoms with van der Waals surface area (Å²) in [6, 6.07) is 14.4. The van der Waals surface area contributed by atoms with Gasteiger partial charge in [0.15, 0.2) is 11.4 Å². The number of hydrogen-bond acceptors (Lipinski definition) is 3. The maximum atomic E-state index is 12.2. The van der Waals surface area contributed by atoms with Gasteiger partial charge >= 0.3 is 0 Å². The number of halogens is 1. The first-order valence-electron chi connectivity index (χ1n) is 7.75. The molecule has 0 radical (unpaired) electrons. The lowest BCUT2D eigenvalue weighted by molar-refractivity contribution is -0.138. The van der Waals surface area contributed by atoms with Crippen LogP contribution in [0.1, 0.15) is 17.5 Å². The second-order valence-electron chi connectivity index (χ2n) is 5.78. The molecule has 0 bridgehead atoms. The van der Waals surface area contributed by atoms with Gasteiger partial charge in [-0.15, -0.1) is 0 Å². The molecule has 1 aliphatic heterocycles. The molecule has 25 heavy (non-hydrogen) atoms. The zero-order chi connectivity index (χ0) is 17.9. The molecule has 1 amide bonds. The maximum Gasteiger partial charge on any atom is 0.261 e. The first-order chi connectivity index (χ1) is 12.0. The normalized spacial score (nSPS) is 19.4. The number of nitrogens with one attached hydrogen (secondary N) is 1. The van der Waals surface area contributed by atoms with Gasteiger partial charge in [0.25, 0.3) is 5.91 Å². The first kappa shape index (κ1) is 17.1. The van der Waals surface area contributed by atoms with E-state index in [4.69, 9.17) is 11.6 Å². The Morgan fingerprint density at radius 1 is 1.16 bits per heavy atom. The zero-order valence-electron chi connectivity index (χ0n) is 13.3. The zero-order valence-corrected chi connectivity index (χ0v) is 14.0. The third kappa shape index (κ3) is 3.71. The van der Waals surface area contributed by atoms with Gasteiger partial charge in [-0.25, -0.2) is 0 Å². The van der Waals surface area contributed by atoms with E-state index in [9.17, 15) is 14.7 Å². The number of anilines is 1. The van der Waals surface area contributed by atoms with Crippen molar-refractivity contribution in [1.29, 1.82) is 0 Å². The minimum absolute atomic E-state index is 0.326. The van der Waals surface area contributed by atoms with Crippen LogP contribution >= 0.6 is 11.6 Å². The van der Waals surface area contributed by atoms with Crippen LogP contribution in [-0.4, -0.2) is 16.8 Å². The second-order valence-corrected chi connectivity index (χ2v) is 6.21. The van der Waals surface area contributed by atoms with Gasteiger partial charge in [0.1, 0.15) is 0 Å². The molecule has 3 rings (SSSR count). The van der Waals surface area contributed by atoms with Crippen molar-refractivity contribution in [2.45, 2.75) is 12.0 Å². The summed E-state index contributed by atoms with van der Waals surface area (Å²) in [6.45, 7) is 0. The number of aliphatic hydroxyl groups is 1. The molecule has 1 unspecified atom stereocenters. The molecule has 0 saturated carbocycles. The summed E-state index contributed by atoms with van der Waals surface area (Å²) in [6.07, 6.45) is 6.17. The molecule has 1 aliphatic rings. The van der Waals surface area contributed by atoms with Crippen LogP contribution in [0.3, 0.4) is 0 Å². The van der Waals surface area contributed by atoms with Gasteiger partial charge in [0.05, 0.1) is 6.42 Å². The van der Waals surface area contributed by atoms with Gasteiger partial charge in [-0.05, 0) is 29.8 Å². The van der Waals surface area contributed by atoms with E-state index in [-0.39, 0.29) is 12.2 Å². The highest BCUT2D eigenvalue weighted by Crippen LogP contribution is 2.39. The van der Waals surface area contributed by atoms with E-state index in [0.29, 0.717) is 16.3 Å². The molecule has 2 aromatic rings. The van der Waals surface area contributed by atoms with Crippen molar-refractivity contribution in [3.63, 3.8) is 0 Å². The minimum atomic E-state index is -1.90. The van der Waals surface area contributed by atoms with E-state index in [0.717, 1.165) is 5.56 Å². The molecule has 2 N–H and O–H groups in total. The van der Waals surface area contributed by atoms with Gasteiger partial charge in [-0.3, -0.25) is 9.59 Å². The fourth-order valence-electron chi connectivity index (χ4n) is 2.70. The number of benzene rings is 2. The number of allylic oxidation sites excluding steroid dienone is 3. The van der Waals surface area contributed by atoms with Crippen LogP contribution < -0.4 is 5.32 Å². The molecule has 1 atom stereocenters. The van der Waals surface area contributed by atoms with E-state index in [2.05, 4.69) is 5.32 Å². The van der Waals surface area contributed by atoms with Crippen LogP contribution in [0.4, 0.5) is 5.69 Å². The standard InChI is InChI=1S/C20H16ClNO3/c21-15-10-11-18-17(12-15)20(25,19(24)22-18)13-16(23)9-5-4-8-14-6-2-1-3-7-14/h1-12,25H,13H2,(H,22,24)/b8-4+,9-5+. The molecule has 0 aromatic heterocycles. The lowest BCUT2D eigenvalue weighted by Gasteiger charge is -2.19. The average Bonchev–Trinajstić information content (AvgIpc) is 2.83. The van der Waals surface area contributed by atoms with Crippen molar-refractivity contribution in [3.8, 4) is 0 Å². The van der Waals surface area contributed by atoms with Gasteiger partial charge in [-0.1, -0.05) is 60.2 Å². The second kappa shape index (κ2) is 7.05. The van der Waals surface area contributed by atoms with E-state index >= 15 is 0 Å². The number of rotatable bonds is 5. The fourth-order valence-corrected chi connectivity index (χ4v) is 2.87. The minimum Gasteiger partial charge on any atom is -0.375 e. The van der Waals surface area contributed by atoms with Crippen LogP contribution in [0.2, 0.25) is 5.02 Å². The number of amides is 1. The molecule has 0 spiro atoms. The Hall–Kier alpha value is -2.69. The Balaban J connectivity index is 1.71. The van der Waals surface area contributed by atoms with E-state index in [1.54, 1.807) is 24.3 Å². The van der Waals surface area contributed by atoms with E-state index in [1.807, 2.05) is 36.4 Å². The van der Waals surface area contributed by atoms with Gasteiger partial charge < -0.3 is 10.4 Å². The Kier molecular flexibility index (Phi) is 4.83. The highest BCUT2D eigenvalue weighted by atomic mass is 35.5.